The molecule has 1 aromatic heterocycles. The lowest BCUT2D eigenvalue weighted by atomic mass is 10.3. The van der Waals surface area contributed by atoms with Crippen LogP contribution in [-0.4, -0.2) is 4.98 Å². The summed E-state index contributed by atoms with van der Waals surface area (Å²) in [6.45, 7) is 3.60. The Hall–Kier alpha value is -1.15. The second-order valence-corrected chi connectivity index (χ2v) is 1.48. The Kier molecular flexibility index (Phi) is 3.32. The molecular weight excluding hydrogens is 112 g/mol. The van der Waals surface area contributed by atoms with E-state index in [-0.39, 0.29) is 6.15 Å². The summed E-state index contributed by atoms with van der Waals surface area (Å²) in [6, 6.07) is 3.82. The average molecular weight is 122 g/mol. The summed E-state index contributed by atoms with van der Waals surface area (Å²) in [5.74, 6) is 0. The highest BCUT2D eigenvalue weighted by Gasteiger charge is 1.76. The summed E-state index contributed by atoms with van der Waals surface area (Å²) in [4.78, 5) is 3.85. The highest BCUT2D eigenvalue weighted by molar-refractivity contribution is 5.44. The molecule has 0 aliphatic rings. The lowest BCUT2D eigenvalue weighted by molar-refractivity contribution is 1.32. The van der Waals surface area contributed by atoms with E-state index in [0.717, 1.165) is 5.56 Å². The molecule has 0 amide bonds. The fourth-order valence-electron chi connectivity index (χ4n) is 0.500. The minimum atomic E-state index is 0. The van der Waals surface area contributed by atoms with E-state index in [4.69, 9.17) is 0 Å². The van der Waals surface area contributed by atoms with Crippen molar-refractivity contribution in [2.24, 2.45) is 0 Å². The largest absolute Gasteiger partial charge is 0.344 e. The smallest absolute Gasteiger partial charge is 0.0273 e. The van der Waals surface area contributed by atoms with Crippen molar-refractivity contribution in [1.29, 1.82) is 0 Å². The topological polar surface area (TPSA) is 47.9 Å². The van der Waals surface area contributed by atoms with E-state index in [0.29, 0.717) is 0 Å². The van der Waals surface area contributed by atoms with E-state index >= 15 is 0 Å². The van der Waals surface area contributed by atoms with Crippen LogP contribution in [0, 0.1) is 0 Å². The highest BCUT2D eigenvalue weighted by Crippen LogP contribution is 1.94. The van der Waals surface area contributed by atoms with E-state index in [9.17, 15) is 0 Å². The highest BCUT2D eigenvalue weighted by atomic mass is 14.6. The van der Waals surface area contributed by atoms with Crippen LogP contribution in [0.15, 0.2) is 31.1 Å². The minimum absolute atomic E-state index is 0. The van der Waals surface area contributed by atoms with Gasteiger partial charge in [-0.3, -0.25) is 4.98 Å². The number of pyridine rings is 1. The molecule has 0 bridgehead atoms. The predicted octanol–water partition coefficient (Wildman–Crippen LogP) is 1.89. The third-order valence-electron chi connectivity index (χ3n) is 0.942. The molecule has 2 nitrogen and oxygen atoms in total. The minimum Gasteiger partial charge on any atom is -0.344 e. The molecule has 48 valence electrons. The SMILES string of the molecule is C=Cc1ccncc1.N. The van der Waals surface area contributed by atoms with Crippen molar-refractivity contribution < 1.29 is 0 Å². The Morgan fingerprint density at radius 3 is 2.22 bits per heavy atom. The fourth-order valence-corrected chi connectivity index (χ4v) is 0.500. The molecule has 1 heterocycles. The second-order valence-electron chi connectivity index (χ2n) is 1.48. The van der Waals surface area contributed by atoms with Crippen LogP contribution in [0.4, 0.5) is 0 Å². The van der Waals surface area contributed by atoms with E-state index in [1.54, 1.807) is 18.5 Å². The van der Waals surface area contributed by atoms with E-state index in [2.05, 4.69) is 11.6 Å². The summed E-state index contributed by atoms with van der Waals surface area (Å²) in [5, 5.41) is 0. The first-order valence-corrected chi connectivity index (χ1v) is 2.46. The zero-order valence-corrected chi connectivity index (χ0v) is 5.25. The summed E-state index contributed by atoms with van der Waals surface area (Å²) in [5.41, 5.74) is 1.11. The third-order valence-corrected chi connectivity index (χ3v) is 0.942. The molecule has 0 saturated heterocycles. The van der Waals surface area contributed by atoms with Crippen molar-refractivity contribution >= 4 is 6.08 Å². The average Bonchev–Trinajstić information content (AvgIpc) is 1.90. The van der Waals surface area contributed by atoms with Gasteiger partial charge in [-0.1, -0.05) is 12.7 Å². The van der Waals surface area contributed by atoms with Gasteiger partial charge >= 0.3 is 0 Å². The first kappa shape index (κ1) is 7.85. The van der Waals surface area contributed by atoms with Gasteiger partial charge in [-0.15, -0.1) is 0 Å². The van der Waals surface area contributed by atoms with Crippen molar-refractivity contribution in [2.45, 2.75) is 0 Å². The number of rotatable bonds is 1. The van der Waals surface area contributed by atoms with Gasteiger partial charge in [0.2, 0.25) is 0 Å². The zero-order valence-electron chi connectivity index (χ0n) is 5.25. The second kappa shape index (κ2) is 3.80. The Labute approximate surface area is 54.8 Å². The van der Waals surface area contributed by atoms with Crippen LogP contribution in [0.2, 0.25) is 0 Å². The molecule has 0 spiro atoms. The van der Waals surface area contributed by atoms with E-state index < -0.39 is 0 Å². The van der Waals surface area contributed by atoms with Crippen LogP contribution in [0.25, 0.3) is 6.08 Å². The van der Waals surface area contributed by atoms with Crippen LogP contribution in [-0.2, 0) is 0 Å². The lowest BCUT2D eigenvalue weighted by Crippen LogP contribution is -1.69. The van der Waals surface area contributed by atoms with Gasteiger partial charge in [-0.2, -0.15) is 0 Å². The van der Waals surface area contributed by atoms with E-state index in [1.165, 1.54) is 0 Å². The van der Waals surface area contributed by atoms with Crippen molar-refractivity contribution in [3.05, 3.63) is 36.7 Å². The Balaban J connectivity index is 0.000000640. The molecule has 0 saturated carbocycles. The molecule has 1 aromatic rings. The first-order valence-electron chi connectivity index (χ1n) is 2.46. The van der Waals surface area contributed by atoms with Gasteiger partial charge in [0.25, 0.3) is 0 Å². The molecule has 0 radical (unpaired) electrons. The standard InChI is InChI=1S/C7H7N.H3N/c1-2-7-3-5-8-6-4-7;/h2-6H,1H2;1H3. The predicted molar refractivity (Wildman–Crippen MR) is 39.4 cm³/mol. The zero-order chi connectivity index (χ0) is 5.82. The molecule has 9 heavy (non-hydrogen) atoms. The van der Waals surface area contributed by atoms with Gasteiger partial charge in [0.15, 0.2) is 0 Å². The maximum atomic E-state index is 3.85. The monoisotopic (exact) mass is 122 g/mol. The van der Waals surface area contributed by atoms with Crippen molar-refractivity contribution in [3.8, 4) is 0 Å². The molecule has 2 heteroatoms. The summed E-state index contributed by atoms with van der Waals surface area (Å²) in [6.07, 6.45) is 5.29. The number of hydrogen-bond acceptors (Lipinski definition) is 2. The first-order chi connectivity index (χ1) is 3.93. The summed E-state index contributed by atoms with van der Waals surface area (Å²) < 4.78 is 0. The molecule has 0 aliphatic carbocycles. The van der Waals surface area contributed by atoms with Gasteiger partial charge in [0, 0.05) is 12.4 Å². The Morgan fingerprint density at radius 2 is 1.89 bits per heavy atom. The van der Waals surface area contributed by atoms with Crippen molar-refractivity contribution in [1.82, 2.24) is 11.1 Å². The van der Waals surface area contributed by atoms with Crippen LogP contribution in [0.1, 0.15) is 5.56 Å². The molecule has 0 fully saturated rings. The molecule has 3 N–H and O–H groups in total. The quantitative estimate of drug-likeness (QED) is 0.618. The Morgan fingerprint density at radius 1 is 1.33 bits per heavy atom. The van der Waals surface area contributed by atoms with E-state index in [1.807, 2.05) is 12.1 Å². The molecular formula is C7H10N2. The number of hydrogen-bond donors (Lipinski definition) is 1. The molecule has 0 aliphatic heterocycles. The molecule has 0 atom stereocenters. The van der Waals surface area contributed by atoms with Gasteiger partial charge in [0.05, 0.1) is 0 Å². The van der Waals surface area contributed by atoms with Gasteiger partial charge in [0.1, 0.15) is 0 Å². The van der Waals surface area contributed by atoms with Crippen molar-refractivity contribution in [2.75, 3.05) is 0 Å². The summed E-state index contributed by atoms with van der Waals surface area (Å²) >= 11 is 0. The Bertz CT molecular complexity index is 170. The number of nitrogens with zero attached hydrogens (tertiary/aromatic N) is 1. The molecule has 0 unspecified atom stereocenters. The lowest BCUT2D eigenvalue weighted by Gasteiger charge is -1.84. The summed E-state index contributed by atoms with van der Waals surface area (Å²) in [7, 11) is 0. The number of aromatic nitrogens is 1. The normalized spacial score (nSPS) is 7.56. The van der Waals surface area contributed by atoms with Gasteiger partial charge in [-0.05, 0) is 17.7 Å². The van der Waals surface area contributed by atoms with Gasteiger partial charge in [-0.25, -0.2) is 0 Å². The maximum absolute atomic E-state index is 3.85. The van der Waals surface area contributed by atoms with Crippen molar-refractivity contribution in [3.63, 3.8) is 0 Å². The molecule has 1 rings (SSSR count). The third kappa shape index (κ3) is 2.06. The molecule has 0 aromatic carbocycles. The van der Waals surface area contributed by atoms with Crippen LogP contribution >= 0.6 is 0 Å². The fraction of sp³-hybridized carbons (Fsp3) is 0. The van der Waals surface area contributed by atoms with Crippen LogP contribution < -0.4 is 6.15 Å². The maximum Gasteiger partial charge on any atom is 0.0273 e. The van der Waals surface area contributed by atoms with Crippen LogP contribution in [0.5, 0.6) is 0 Å². The van der Waals surface area contributed by atoms with Gasteiger partial charge < -0.3 is 6.15 Å². The van der Waals surface area contributed by atoms with Crippen LogP contribution in [0.3, 0.4) is 0 Å².